The number of benzene rings is 2. The number of nitrogens with one attached hydrogen (secondary N) is 1. The van der Waals surface area contributed by atoms with Gasteiger partial charge in [0.05, 0.1) is 16.7 Å². The minimum absolute atomic E-state index is 0.249. The molecule has 7 heteroatoms. The number of unbranched alkanes of at least 4 members (excludes halogenated alkanes) is 1. The number of para-hydroxylation sites is 2. The lowest BCUT2D eigenvalue weighted by Crippen LogP contribution is -2.25. The van der Waals surface area contributed by atoms with Crippen molar-refractivity contribution in [2.24, 2.45) is 0 Å². The van der Waals surface area contributed by atoms with Gasteiger partial charge in [-0.2, -0.15) is 0 Å². The Morgan fingerprint density at radius 2 is 1.89 bits per heavy atom. The number of halogens is 1. The summed E-state index contributed by atoms with van der Waals surface area (Å²) in [4.78, 5) is 22.3. The van der Waals surface area contributed by atoms with Crippen LogP contribution in [-0.4, -0.2) is 27.0 Å². The van der Waals surface area contributed by atoms with Crippen LogP contribution in [0.25, 0.3) is 27.9 Å². The molecule has 3 N–H and O–H groups in total. The van der Waals surface area contributed by atoms with Gasteiger partial charge in [0, 0.05) is 11.6 Å². The predicted octanol–water partition coefficient (Wildman–Crippen LogP) is 4.34. The zero-order valence-corrected chi connectivity index (χ0v) is 16.2. The average molecular weight is 394 g/mol. The fourth-order valence-electron chi connectivity index (χ4n) is 3.23. The molecule has 4 rings (SSSR count). The first-order valence-corrected chi connectivity index (χ1v) is 9.58. The van der Waals surface area contributed by atoms with Crippen LogP contribution in [0.2, 0.25) is 5.02 Å². The van der Waals surface area contributed by atoms with E-state index in [1.165, 1.54) is 0 Å². The Bertz CT molecular complexity index is 1180. The number of hydrogen-bond donors (Lipinski definition) is 2. The number of rotatable bonds is 5. The number of fused-ring (bicyclic) bond motifs is 2. The molecule has 2 aromatic carbocycles. The van der Waals surface area contributed by atoms with Crippen LogP contribution in [0.5, 0.6) is 0 Å². The Balaban J connectivity index is 1.98. The second kappa shape index (κ2) is 7.48. The highest BCUT2D eigenvalue weighted by Gasteiger charge is 2.24. The summed E-state index contributed by atoms with van der Waals surface area (Å²) in [6, 6.07) is 14.8. The van der Waals surface area contributed by atoms with Crippen molar-refractivity contribution in [3.05, 3.63) is 59.1 Å². The molecule has 0 unspecified atom stereocenters. The maximum Gasteiger partial charge on any atom is 0.257 e. The first-order chi connectivity index (χ1) is 13.6. The van der Waals surface area contributed by atoms with Crippen molar-refractivity contribution in [3.63, 3.8) is 0 Å². The van der Waals surface area contributed by atoms with Gasteiger partial charge < -0.3 is 11.1 Å². The van der Waals surface area contributed by atoms with Crippen molar-refractivity contribution in [2.45, 2.75) is 19.8 Å². The molecule has 142 valence electrons. The molecule has 0 bridgehead atoms. The topological polar surface area (TPSA) is 85.8 Å². The molecule has 0 saturated carbocycles. The Hall–Kier alpha value is -3.12. The van der Waals surface area contributed by atoms with E-state index < -0.39 is 0 Å². The number of nitrogens with two attached hydrogens (primary N) is 1. The Morgan fingerprint density at radius 1 is 1.14 bits per heavy atom. The van der Waals surface area contributed by atoms with Gasteiger partial charge >= 0.3 is 0 Å². The van der Waals surface area contributed by atoms with E-state index in [0.29, 0.717) is 39.6 Å². The normalized spacial score (nSPS) is 11.2. The molecule has 0 aliphatic carbocycles. The van der Waals surface area contributed by atoms with Crippen LogP contribution < -0.4 is 11.1 Å². The van der Waals surface area contributed by atoms with Crippen LogP contribution in [-0.2, 0) is 0 Å². The molecule has 6 nitrogen and oxygen atoms in total. The van der Waals surface area contributed by atoms with Gasteiger partial charge in [0.1, 0.15) is 16.9 Å². The lowest BCUT2D eigenvalue weighted by atomic mass is 10.2. The predicted molar refractivity (Wildman–Crippen MR) is 113 cm³/mol. The fourth-order valence-corrected chi connectivity index (χ4v) is 3.41. The van der Waals surface area contributed by atoms with Crippen LogP contribution in [0.1, 0.15) is 30.1 Å². The summed E-state index contributed by atoms with van der Waals surface area (Å²) in [6.07, 6.45) is 1.89. The van der Waals surface area contributed by atoms with Gasteiger partial charge in [0.2, 0.25) is 0 Å². The fraction of sp³-hybridized carbons (Fsp3) is 0.190. The minimum Gasteiger partial charge on any atom is -0.384 e. The van der Waals surface area contributed by atoms with E-state index in [9.17, 15) is 4.79 Å². The van der Waals surface area contributed by atoms with Gasteiger partial charge in [-0.1, -0.05) is 43.1 Å². The third-order valence-corrected chi connectivity index (χ3v) is 4.84. The first kappa shape index (κ1) is 18.3. The van der Waals surface area contributed by atoms with Crippen LogP contribution in [0.4, 0.5) is 5.82 Å². The van der Waals surface area contributed by atoms with Crippen molar-refractivity contribution in [3.8, 4) is 5.69 Å². The summed E-state index contributed by atoms with van der Waals surface area (Å²) in [5.74, 6) is 0.0443. The van der Waals surface area contributed by atoms with Crippen LogP contribution in [0.3, 0.4) is 0 Å². The third-order valence-electron chi connectivity index (χ3n) is 4.61. The lowest BCUT2D eigenvalue weighted by Gasteiger charge is -2.08. The molecule has 4 aromatic rings. The molecule has 0 radical (unpaired) electrons. The maximum absolute atomic E-state index is 12.9. The summed E-state index contributed by atoms with van der Waals surface area (Å²) in [7, 11) is 0. The summed E-state index contributed by atoms with van der Waals surface area (Å²) < 4.78 is 1.73. The zero-order valence-electron chi connectivity index (χ0n) is 15.4. The molecule has 0 saturated heterocycles. The molecule has 0 aliphatic heterocycles. The highest BCUT2D eigenvalue weighted by atomic mass is 35.5. The molecule has 2 heterocycles. The van der Waals surface area contributed by atoms with E-state index >= 15 is 0 Å². The maximum atomic E-state index is 12.9. The number of amides is 1. The number of nitrogen functional groups attached to an aromatic ring is 1. The molecular weight excluding hydrogens is 374 g/mol. The number of carbonyl (C=O) groups excluding carboxylic acids is 1. The number of carbonyl (C=O) groups is 1. The minimum atomic E-state index is -0.249. The SMILES string of the molecule is CCCCNC(=O)c1c(N)n(-c2cccc(Cl)c2)c2nc3ccccc3nc12. The Morgan fingerprint density at radius 3 is 2.61 bits per heavy atom. The molecule has 1 amide bonds. The molecule has 0 spiro atoms. The van der Waals surface area contributed by atoms with Crippen LogP contribution >= 0.6 is 11.6 Å². The van der Waals surface area contributed by atoms with E-state index in [2.05, 4.69) is 12.2 Å². The highest BCUT2D eigenvalue weighted by Crippen LogP contribution is 2.31. The lowest BCUT2D eigenvalue weighted by molar-refractivity contribution is 0.0955. The standard InChI is InChI=1S/C21H20ClN5O/c1-2-3-11-24-21(28)17-18-20(26-16-10-5-4-9-15(16)25-18)27(19(17)23)14-8-6-7-13(22)12-14/h4-10,12H,2-3,11,23H2,1H3,(H,24,28). The van der Waals surface area contributed by atoms with Crippen molar-refractivity contribution < 1.29 is 4.79 Å². The molecule has 2 aromatic heterocycles. The van der Waals surface area contributed by atoms with Crippen LogP contribution in [0, 0.1) is 0 Å². The summed E-state index contributed by atoms with van der Waals surface area (Å²) in [5, 5.41) is 3.50. The quantitative estimate of drug-likeness (QED) is 0.494. The largest absolute Gasteiger partial charge is 0.384 e. The van der Waals surface area contributed by atoms with Gasteiger partial charge in [0.15, 0.2) is 5.65 Å². The van der Waals surface area contributed by atoms with E-state index in [1.807, 2.05) is 36.4 Å². The number of anilines is 1. The summed E-state index contributed by atoms with van der Waals surface area (Å²) in [5.41, 5.74) is 9.95. The second-order valence-corrected chi connectivity index (χ2v) is 7.01. The van der Waals surface area contributed by atoms with Crippen molar-refractivity contribution in [1.82, 2.24) is 19.9 Å². The van der Waals surface area contributed by atoms with Crippen molar-refractivity contribution in [1.29, 1.82) is 0 Å². The van der Waals surface area contributed by atoms with E-state index in [1.54, 1.807) is 16.7 Å². The van der Waals surface area contributed by atoms with Gasteiger partial charge in [-0.05, 0) is 36.8 Å². The summed E-state index contributed by atoms with van der Waals surface area (Å²) >= 11 is 6.18. The second-order valence-electron chi connectivity index (χ2n) is 6.57. The van der Waals surface area contributed by atoms with Crippen molar-refractivity contribution in [2.75, 3.05) is 12.3 Å². The van der Waals surface area contributed by atoms with E-state index in [-0.39, 0.29) is 5.91 Å². The molecular formula is C21H20ClN5O. The van der Waals surface area contributed by atoms with Crippen molar-refractivity contribution >= 4 is 45.5 Å². The number of aromatic nitrogens is 3. The Kier molecular flexibility index (Phi) is 4.88. The molecule has 0 fully saturated rings. The Labute approximate surface area is 167 Å². The highest BCUT2D eigenvalue weighted by molar-refractivity contribution is 6.30. The van der Waals surface area contributed by atoms with Gasteiger partial charge in [-0.3, -0.25) is 9.36 Å². The zero-order chi connectivity index (χ0) is 19.7. The van der Waals surface area contributed by atoms with Crippen LogP contribution in [0.15, 0.2) is 48.5 Å². The van der Waals surface area contributed by atoms with E-state index in [4.69, 9.17) is 27.3 Å². The third kappa shape index (κ3) is 3.16. The van der Waals surface area contributed by atoms with Gasteiger partial charge in [-0.15, -0.1) is 0 Å². The molecule has 28 heavy (non-hydrogen) atoms. The molecule has 0 aliphatic rings. The smallest absolute Gasteiger partial charge is 0.257 e. The number of hydrogen-bond acceptors (Lipinski definition) is 4. The monoisotopic (exact) mass is 393 g/mol. The number of nitrogens with zero attached hydrogens (tertiary/aromatic N) is 3. The van der Waals surface area contributed by atoms with Gasteiger partial charge in [-0.25, -0.2) is 9.97 Å². The first-order valence-electron chi connectivity index (χ1n) is 9.21. The average Bonchev–Trinajstić information content (AvgIpc) is 2.97. The van der Waals surface area contributed by atoms with Gasteiger partial charge in [0.25, 0.3) is 5.91 Å². The molecule has 0 atom stereocenters. The van der Waals surface area contributed by atoms with E-state index in [0.717, 1.165) is 24.0 Å². The summed E-state index contributed by atoms with van der Waals surface area (Å²) in [6.45, 7) is 2.66.